The number of carbonyl (C=O) groups is 3. The Balaban J connectivity index is 1.66. The molecule has 0 aromatic heterocycles. The number of esters is 3. The Hall–Kier alpha value is -4.37. The number of carbonyl (C=O) groups excluding carboxylic acids is 3. The summed E-state index contributed by atoms with van der Waals surface area (Å²) in [5.74, 6) is -0.0712. The Morgan fingerprint density at radius 2 is 1.35 bits per heavy atom. The molecule has 2 rings (SSSR count). The van der Waals surface area contributed by atoms with E-state index in [1.54, 1.807) is 54.6 Å². The fourth-order valence-electron chi connectivity index (χ4n) is 2.68. The van der Waals surface area contributed by atoms with Crippen LogP contribution >= 0.6 is 0 Å². The minimum atomic E-state index is -0.596. The Labute approximate surface area is 215 Å². The third kappa shape index (κ3) is 11.7. The van der Waals surface area contributed by atoms with Crippen LogP contribution in [0.1, 0.15) is 18.4 Å². The van der Waals surface area contributed by atoms with Gasteiger partial charge in [0.15, 0.2) is 0 Å². The van der Waals surface area contributed by atoms with E-state index in [4.69, 9.17) is 28.8 Å². The molecule has 1 N–H and O–H groups in total. The van der Waals surface area contributed by atoms with Crippen molar-refractivity contribution in [2.75, 3.05) is 33.0 Å². The summed E-state index contributed by atoms with van der Waals surface area (Å²) in [6, 6.07) is 13.7. The third-order valence-electron chi connectivity index (χ3n) is 4.62. The van der Waals surface area contributed by atoms with E-state index in [0.717, 1.165) is 11.6 Å². The quantitative estimate of drug-likeness (QED) is 0.156. The number of aliphatic hydroxyl groups excluding tert-OH is 1. The number of benzene rings is 2. The van der Waals surface area contributed by atoms with Gasteiger partial charge in [-0.15, -0.1) is 0 Å². The molecule has 0 aliphatic rings. The summed E-state index contributed by atoms with van der Waals surface area (Å²) >= 11 is 0. The molecule has 0 saturated carbocycles. The van der Waals surface area contributed by atoms with Gasteiger partial charge < -0.3 is 28.8 Å². The molecular formula is C28H30O9. The van der Waals surface area contributed by atoms with E-state index < -0.39 is 24.5 Å². The number of aliphatic hydroxyl groups is 1. The predicted octanol–water partition coefficient (Wildman–Crippen LogP) is 3.66. The van der Waals surface area contributed by atoms with Gasteiger partial charge >= 0.3 is 17.9 Å². The van der Waals surface area contributed by atoms with Crippen LogP contribution in [0.2, 0.25) is 0 Å². The average molecular weight is 511 g/mol. The highest BCUT2D eigenvalue weighted by molar-refractivity contribution is 5.89. The van der Waals surface area contributed by atoms with Gasteiger partial charge in [-0.1, -0.05) is 25.3 Å². The van der Waals surface area contributed by atoms with Crippen molar-refractivity contribution in [1.29, 1.82) is 0 Å². The highest BCUT2D eigenvalue weighted by Gasteiger charge is 2.06. The smallest absolute Gasteiger partial charge is 0.336 e. The fraction of sp³-hybridized carbons (Fsp3) is 0.250. The van der Waals surface area contributed by atoms with Gasteiger partial charge in [-0.05, 0) is 60.9 Å². The number of rotatable bonds is 16. The maximum Gasteiger partial charge on any atom is 0.336 e. The molecule has 0 radical (unpaired) electrons. The molecule has 0 saturated heterocycles. The van der Waals surface area contributed by atoms with Gasteiger partial charge in [0.2, 0.25) is 0 Å². The Morgan fingerprint density at radius 3 is 2.00 bits per heavy atom. The van der Waals surface area contributed by atoms with Gasteiger partial charge in [0.1, 0.15) is 30.5 Å². The van der Waals surface area contributed by atoms with E-state index >= 15 is 0 Å². The van der Waals surface area contributed by atoms with Crippen molar-refractivity contribution in [3.63, 3.8) is 0 Å². The highest BCUT2D eigenvalue weighted by atomic mass is 16.6. The summed E-state index contributed by atoms with van der Waals surface area (Å²) in [6.07, 6.45) is 5.33. The molecule has 0 aliphatic heterocycles. The molecule has 0 spiro atoms. The average Bonchev–Trinajstić information content (AvgIpc) is 2.92. The van der Waals surface area contributed by atoms with Crippen molar-refractivity contribution in [3.8, 4) is 17.2 Å². The first-order chi connectivity index (χ1) is 17.9. The topological polar surface area (TPSA) is 118 Å². The van der Waals surface area contributed by atoms with Crippen LogP contribution in [0.5, 0.6) is 17.2 Å². The summed E-state index contributed by atoms with van der Waals surface area (Å²) in [6.45, 7) is 7.25. The lowest BCUT2D eigenvalue weighted by Gasteiger charge is -2.08. The van der Waals surface area contributed by atoms with E-state index in [9.17, 15) is 14.4 Å². The van der Waals surface area contributed by atoms with Crippen LogP contribution in [-0.2, 0) is 23.9 Å². The summed E-state index contributed by atoms with van der Waals surface area (Å²) in [4.78, 5) is 34.4. The van der Waals surface area contributed by atoms with E-state index in [1.165, 1.54) is 6.08 Å². The van der Waals surface area contributed by atoms with Crippen LogP contribution in [0.3, 0.4) is 0 Å². The summed E-state index contributed by atoms with van der Waals surface area (Å²) in [7, 11) is 0. The van der Waals surface area contributed by atoms with Crippen LogP contribution in [0, 0.1) is 0 Å². The van der Waals surface area contributed by atoms with Crippen LogP contribution in [-0.4, -0.2) is 56.0 Å². The van der Waals surface area contributed by atoms with Gasteiger partial charge in [-0.25, -0.2) is 14.4 Å². The van der Waals surface area contributed by atoms with Gasteiger partial charge in [-0.2, -0.15) is 0 Å². The van der Waals surface area contributed by atoms with E-state index in [-0.39, 0.29) is 25.4 Å². The molecule has 0 aliphatic carbocycles. The zero-order chi connectivity index (χ0) is 26.9. The standard InChI is InChI=1S/C28H30O9/c1-3-26(30)35-19-18-34-24-11-13-25(14-12-24)37-27(31)15-8-22-6-9-23(10-7-22)33-16-4-5-17-36-28(32)21(2)20-29/h3,6-15,29H,1-2,4-5,16-20H2/b15-8+. The first kappa shape index (κ1) is 28.9. The molecule has 9 nitrogen and oxygen atoms in total. The molecule has 0 atom stereocenters. The van der Waals surface area contributed by atoms with Gasteiger partial charge in [0.05, 0.1) is 25.4 Å². The maximum atomic E-state index is 12.1. The van der Waals surface area contributed by atoms with Crippen molar-refractivity contribution >= 4 is 24.0 Å². The SMILES string of the molecule is C=CC(=O)OCCOc1ccc(OC(=O)/C=C/c2ccc(OCCCCOC(=O)C(=C)CO)cc2)cc1. The predicted molar refractivity (Wildman–Crippen MR) is 136 cm³/mol. The lowest BCUT2D eigenvalue weighted by Crippen LogP contribution is -2.11. The second kappa shape index (κ2) is 16.3. The highest BCUT2D eigenvalue weighted by Crippen LogP contribution is 2.18. The molecule has 0 heterocycles. The number of hydrogen-bond donors (Lipinski definition) is 1. The van der Waals surface area contributed by atoms with E-state index in [0.29, 0.717) is 36.7 Å². The van der Waals surface area contributed by atoms with Crippen LogP contribution in [0.15, 0.2) is 79.4 Å². The van der Waals surface area contributed by atoms with Gasteiger partial charge in [0, 0.05) is 12.2 Å². The molecule has 0 amide bonds. The number of ether oxygens (including phenoxy) is 5. The first-order valence-corrected chi connectivity index (χ1v) is 11.5. The minimum absolute atomic E-state index is 0.0290. The molecule has 0 unspecified atom stereocenters. The van der Waals surface area contributed by atoms with Gasteiger partial charge in [-0.3, -0.25) is 0 Å². The van der Waals surface area contributed by atoms with Crippen molar-refractivity contribution in [1.82, 2.24) is 0 Å². The van der Waals surface area contributed by atoms with Crippen molar-refractivity contribution < 1.29 is 43.2 Å². The van der Waals surface area contributed by atoms with Crippen molar-refractivity contribution in [2.45, 2.75) is 12.8 Å². The lowest BCUT2D eigenvalue weighted by molar-refractivity contribution is -0.140. The summed E-state index contributed by atoms with van der Waals surface area (Å²) in [5, 5.41) is 8.80. The first-order valence-electron chi connectivity index (χ1n) is 11.5. The molecule has 2 aromatic carbocycles. The molecule has 37 heavy (non-hydrogen) atoms. The van der Waals surface area contributed by atoms with Crippen molar-refractivity contribution in [3.05, 3.63) is 85.0 Å². The maximum absolute atomic E-state index is 12.1. The Kier molecular flexibility index (Phi) is 12.7. The van der Waals surface area contributed by atoms with Crippen LogP contribution in [0.4, 0.5) is 0 Å². The zero-order valence-corrected chi connectivity index (χ0v) is 20.4. The Morgan fingerprint density at radius 1 is 0.757 bits per heavy atom. The second-order valence-corrected chi connectivity index (χ2v) is 7.47. The van der Waals surface area contributed by atoms with Crippen LogP contribution < -0.4 is 14.2 Å². The van der Waals surface area contributed by atoms with Gasteiger partial charge in [0.25, 0.3) is 0 Å². The molecular weight excluding hydrogens is 480 g/mol. The lowest BCUT2D eigenvalue weighted by atomic mass is 10.2. The monoisotopic (exact) mass is 510 g/mol. The zero-order valence-electron chi connectivity index (χ0n) is 20.4. The largest absolute Gasteiger partial charge is 0.494 e. The fourth-order valence-corrected chi connectivity index (χ4v) is 2.68. The number of hydrogen-bond acceptors (Lipinski definition) is 9. The molecule has 0 bridgehead atoms. The second-order valence-electron chi connectivity index (χ2n) is 7.47. The number of unbranched alkanes of at least 4 members (excludes halogenated alkanes) is 1. The summed E-state index contributed by atoms with van der Waals surface area (Å²) in [5.41, 5.74) is 0.822. The Bertz CT molecular complexity index is 1070. The van der Waals surface area contributed by atoms with Crippen molar-refractivity contribution in [2.24, 2.45) is 0 Å². The third-order valence-corrected chi connectivity index (χ3v) is 4.62. The molecule has 196 valence electrons. The molecule has 9 heteroatoms. The van der Waals surface area contributed by atoms with Crippen LogP contribution in [0.25, 0.3) is 6.08 Å². The molecule has 2 aromatic rings. The molecule has 0 fully saturated rings. The normalized spacial score (nSPS) is 10.4. The minimum Gasteiger partial charge on any atom is -0.494 e. The summed E-state index contributed by atoms with van der Waals surface area (Å²) < 4.78 is 26.1. The van der Waals surface area contributed by atoms with E-state index in [2.05, 4.69) is 13.2 Å². The van der Waals surface area contributed by atoms with E-state index in [1.807, 2.05) is 0 Å².